The smallest absolute Gasteiger partial charge is 0.258 e. The Hall–Kier alpha value is -1.21. The SMILES string of the molecule is CC(CCCl)S(=O)(=O)c1ccncc1[N+](=O)[O-]. The molecule has 0 fully saturated rings. The zero-order valence-corrected chi connectivity index (χ0v) is 10.6. The zero-order chi connectivity index (χ0) is 13.1. The lowest BCUT2D eigenvalue weighted by molar-refractivity contribution is -0.388. The predicted octanol–water partition coefficient (Wildman–Crippen LogP) is 1.78. The van der Waals surface area contributed by atoms with Crippen molar-refractivity contribution in [2.75, 3.05) is 5.88 Å². The maximum atomic E-state index is 12.1. The monoisotopic (exact) mass is 278 g/mol. The third kappa shape index (κ3) is 2.92. The highest BCUT2D eigenvalue weighted by atomic mass is 35.5. The first kappa shape index (κ1) is 13.9. The van der Waals surface area contributed by atoms with Gasteiger partial charge in [0.25, 0.3) is 0 Å². The largest absolute Gasteiger partial charge is 0.306 e. The first-order valence-electron chi connectivity index (χ1n) is 4.79. The van der Waals surface area contributed by atoms with Crippen LogP contribution in [-0.2, 0) is 9.84 Å². The Balaban J connectivity index is 3.29. The number of halogens is 1. The molecule has 17 heavy (non-hydrogen) atoms. The van der Waals surface area contributed by atoms with Gasteiger partial charge in [0.1, 0.15) is 11.1 Å². The minimum atomic E-state index is -3.74. The van der Waals surface area contributed by atoms with Gasteiger partial charge in [-0.05, 0) is 19.4 Å². The van der Waals surface area contributed by atoms with Crippen LogP contribution in [-0.4, -0.2) is 29.5 Å². The van der Waals surface area contributed by atoms with E-state index in [1.54, 1.807) is 0 Å². The number of rotatable bonds is 5. The molecule has 1 heterocycles. The van der Waals surface area contributed by atoms with Gasteiger partial charge in [-0.1, -0.05) is 0 Å². The van der Waals surface area contributed by atoms with Crippen molar-refractivity contribution in [3.8, 4) is 0 Å². The van der Waals surface area contributed by atoms with Gasteiger partial charge in [-0.25, -0.2) is 8.42 Å². The van der Waals surface area contributed by atoms with Gasteiger partial charge in [0, 0.05) is 12.1 Å². The van der Waals surface area contributed by atoms with E-state index in [1.165, 1.54) is 13.1 Å². The fourth-order valence-electron chi connectivity index (χ4n) is 1.28. The molecular weight excluding hydrogens is 268 g/mol. The second-order valence-corrected chi connectivity index (χ2v) is 6.15. The first-order chi connectivity index (χ1) is 7.91. The van der Waals surface area contributed by atoms with Crippen molar-refractivity contribution >= 4 is 27.1 Å². The Bertz CT molecular complexity index is 517. The number of sulfone groups is 1. The van der Waals surface area contributed by atoms with Crippen LogP contribution in [0.2, 0.25) is 0 Å². The van der Waals surface area contributed by atoms with E-state index in [4.69, 9.17) is 11.6 Å². The fraction of sp³-hybridized carbons (Fsp3) is 0.444. The normalized spacial score (nSPS) is 13.3. The van der Waals surface area contributed by atoms with Crippen LogP contribution in [0, 0.1) is 10.1 Å². The summed E-state index contributed by atoms with van der Waals surface area (Å²) in [5.74, 6) is 0.180. The summed E-state index contributed by atoms with van der Waals surface area (Å²) in [7, 11) is -3.74. The molecule has 8 heteroatoms. The van der Waals surface area contributed by atoms with Crippen molar-refractivity contribution in [3.05, 3.63) is 28.6 Å². The van der Waals surface area contributed by atoms with Crippen molar-refractivity contribution < 1.29 is 13.3 Å². The quantitative estimate of drug-likeness (QED) is 0.465. The zero-order valence-electron chi connectivity index (χ0n) is 9.04. The topological polar surface area (TPSA) is 90.2 Å². The van der Waals surface area contributed by atoms with Gasteiger partial charge in [-0.15, -0.1) is 11.6 Å². The molecule has 0 aliphatic carbocycles. The van der Waals surface area contributed by atoms with E-state index in [0.717, 1.165) is 12.3 Å². The lowest BCUT2D eigenvalue weighted by Crippen LogP contribution is -2.19. The van der Waals surface area contributed by atoms with E-state index in [9.17, 15) is 18.5 Å². The summed E-state index contributed by atoms with van der Waals surface area (Å²) in [5.41, 5.74) is -0.506. The third-order valence-electron chi connectivity index (χ3n) is 2.31. The van der Waals surface area contributed by atoms with Crippen molar-refractivity contribution in [2.45, 2.75) is 23.5 Å². The summed E-state index contributed by atoms with van der Waals surface area (Å²) < 4.78 is 24.1. The van der Waals surface area contributed by atoms with Gasteiger partial charge in [0.2, 0.25) is 0 Å². The highest BCUT2D eigenvalue weighted by Crippen LogP contribution is 2.26. The summed E-state index contributed by atoms with van der Waals surface area (Å²) in [4.78, 5) is 13.2. The van der Waals surface area contributed by atoms with Gasteiger partial charge < -0.3 is 0 Å². The first-order valence-corrected chi connectivity index (χ1v) is 6.87. The molecule has 1 rings (SSSR count). The van der Waals surface area contributed by atoms with E-state index in [0.29, 0.717) is 0 Å². The van der Waals surface area contributed by atoms with Crippen molar-refractivity contribution in [3.63, 3.8) is 0 Å². The summed E-state index contributed by atoms with van der Waals surface area (Å²) >= 11 is 5.48. The number of hydrogen-bond acceptors (Lipinski definition) is 5. The van der Waals surface area contributed by atoms with Crippen LogP contribution < -0.4 is 0 Å². The Morgan fingerprint density at radius 3 is 2.76 bits per heavy atom. The highest BCUT2D eigenvalue weighted by Gasteiger charge is 2.30. The Kier molecular flexibility index (Phi) is 4.41. The molecule has 1 aromatic rings. The minimum Gasteiger partial charge on any atom is -0.258 e. The van der Waals surface area contributed by atoms with Crippen LogP contribution in [0.3, 0.4) is 0 Å². The van der Waals surface area contributed by atoms with E-state index < -0.39 is 25.7 Å². The average Bonchev–Trinajstić information content (AvgIpc) is 2.29. The molecule has 0 saturated heterocycles. The molecule has 0 amide bonds. The number of alkyl halides is 1. The van der Waals surface area contributed by atoms with Crippen molar-refractivity contribution in [2.24, 2.45) is 0 Å². The van der Waals surface area contributed by atoms with Crippen LogP contribution in [0.15, 0.2) is 23.4 Å². The lowest BCUT2D eigenvalue weighted by Gasteiger charge is -2.11. The second-order valence-electron chi connectivity index (χ2n) is 3.43. The molecule has 6 nitrogen and oxygen atoms in total. The van der Waals surface area contributed by atoms with Crippen LogP contribution in [0.4, 0.5) is 5.69 Å². The molecule has 0 aliphatic rings. The summed E-state index contributed by atoms with van der Waals surface area (Å²) in [6.45, 7) is 1.47. The third-order valence-corrected chi connectivity index (χ3v) is 4.78. The lowest BCUT2D eigenvalue weighted by atomic mass is 10.4. The van der Waals surface area contributed by atoms with Gasteiger partial charge >= 0.3 is 5.69 Å². The standard InChI is InChI=1S/C9H11ClN2O4S/c1-7(2-4-10)17(15,16)9-3-5-11-6-8(9)12(13)14/h3,5-7H,2,4H2,1H3. The maximum Gasteiger partial charge on any atom is 0.306 e. The molecule has 0 saturated carbocycles. The molecule has 0 spiro atoms. The maximum absolute atomic E-state index is 12.1. The van der Waals surface area contributed by atoms with Gasteiger partial charge in [0.05, 0.1) is 10.2 Å². The minimum absolute atomic E-state index is 0.180. The number of aromatic nitrogens is 1. The van der Waals surface area contributed by atoms with E-state index in [2.05, 4.69) is 4.98 Å². The number of nitrogens with zero attached hydrogens (tertiary/aromatic N) is 2. The molecule has 1 unspecified atom stereocenters. The number of nitro groups is 1. The van der Waals surface area contributed by atoms with Crippen molar-refractivity contribution in [1.29, 1.82) is 0 Å². The van der Waals surface area contributed by atoms with E-state index >= 15 is 0 Å². The second kappa shape index (κ2) is 5.42. The summed E-state index contributed by atoms with van der Waals surface area (Å²) in [6.07, 6.45) is 2.39. The number of hydrogen-bond donors (Lipinski definition) is 0. The Morgan fingerprint density at radius 2 is 2.24 bits per heavy atom. The number of pyridine rings is 1. The molecular formula is C9H11ClN2O4S. The van der Waals surface area contributed by atoms with Crippen LogP contribution in [0.25, 0.3) is 0 Å². The predicted molar refractivity (Wildman–Crippen MR) is 62.9 cm³/mol. The van der Waals surface area contributed by atoms with E-state index in [-0.39, 0.29) is 17.2 Å². The average molecular weight is 279 g/mol. The molecule has 0 aliphatic heterocycles. The van der Waals surface area contributed by atoms with Gasteiger partial charge in [0.15, 0.2) is 9.84 Å². The molecule has 94 valence electrons. The van der Waals surface area contributed by atoms with Gasteiger partial charge in [-0.3, -0.25) is 15.1 Å². The van der Waals surface area contributed by atoms with Crippen molar-refractivity contribution in [1.82, 2.24) is 4.98 Å². The summed E-state index contributed by atoms with van der Waals surface area (Å²) in [6, 6.07) is 1.14. The van der Waals surface area contributed by atoms with E-state index in [1.807, 2.05) is 0 Å². The molecule has 1 atom stereocenters. The van der Waals surface area contributed by atoms with Crippen LogP contribution in [0.1, 0.15) is 13.3 Å². The Morgan fingerprint density at radius 1 is 1.59 bits per heavy atom. The molecule has 0 bridgehead atoms. The summed E-state index contributed by atoms with van der Waals surface area (Å²) in [5, 5.41) is 9.96. The Labute approximate surface area is 104 Å². The molecule has 1 aromatic heterocycles. The fourth-order valence-corrected chi connectivity index (χ4v) is 3.26. The van der Waals surface area contributed by atoms with Crippen LogP contribution in [0.5, 0.6) is 0 Å². The van der Waals surface area contributed by atoms with Gasteiger partial charge in [-0.2, -0.15) is 0 Å². The highest BCUT2D eigenvalue weighted by molar-refractivity contribution is 7.92. The molecule has 0 aromatic carbocycles. The van der Waals surface area contributed by atoms with Crippen LogP contribution >= 0.6 is 11.6 Å². The molecule has 0 radical (unpaired) electrons. The molecule has 0 N–H and O–H groups in total.